The van der Waals surface area contributed by atoms with Crippen LogP contribution in [0, 0.1) is 0 Å². The molecule has 4 rings (SSSR count). The van der Waals surface area contributed by atoms with E-state index in [4.69, 9.17) is 0 Å². The first-order chi connectivity index (χ1) is 14.6. The topological polar surface area (TPSA) is 55.2 Å². The minimum absolute atomic E-state index is 0.179. The zero-order chi connectivity index (χ0) is 20.9. The Balaban J connectivity index is 1.71. The molecule has 1 amide bonds. The molecule has 0 atom stereocenters. The number of aryl methyl sites for hydroxylation is 1. The molecule has 0 fully saturated rings. The van der Waals surface area contributed by atoms with Crippen LogP contribution >= 0.6 is 0 Å². The highest BCUT2D eigenvalue weighted by molar-refractivity contribution is 6.04. The number of aromatic nitrogens is 2. The predicted molar refractivity (Wildman–Crippen MR) is 118 cm³/mol. The number of carbonyl (C=O) groups excluding carboxylic acids is 1. The van der Waals surface area contributed by atoms with Crippen molar-refractivity contribution in [2.45, 2.75) is 13.0 Å². The van der Waals surface area contributed by atoms with Gasteiger partial charge in [-0.2, -0.15) is 5.10 Å². The van der Waals surface area contributed by atoms with Gasteiger partial charge in [0.15, 0.2) is 5.69 Å². The van der Waals surface area contributed by atoms with Crippen LogP contribution in [0.15, 0.2) is 89.7 Å². The molecular weight excluding hydrogens is 374 g/mol. The smallest absolute Gasteiger partial charge is 0.275 e. The Bertz CT molecular complexity index is 1220. The third-order valence-electron chi connectivity index (χ3n) is 5.18. The van der Waals surface area contributed by atoms with Crippen LogP contribution in [-0.4, -0.2) is 27.1 Å². The Hall–Kier alpha value is -3.73. The van der Waals surface area contributed by atoms with Crippen molar-refractivity contribution in [3.05, 3.63) is 112 Å². The minimum Gasteiger partial charge on any atom is -0.333 e. The lowest BCUT2D eigenvalue weighted by molar-refractivity contribution is 0.0739. The molecule has 5 nitrogen and oxygen atoms in total. The minimum atomic E-state index is -0.207. The third kappa shape index (κ3) is 4.15. The molecule has 30 heavy (non-hydrogen) atoms. The van der Waals surface area contributed by atoms with Gasteiger partial charge in [-0.3, -0.25) is 9.59 Å². The number of fused-ring (bicyclic) bond motifs is 1. The highest BCUT2D eigenvalue weighted by Crippen LogP contribution is 2.17. The second-order valence-corrected chi connectivity index (χ2v) is 7.27. The maximum absolute atomic E-state index is 13.6. The Morgan fingerprint density at radius 3 is 2.07 bits per heavy atom. The highest BCUT2D eigenvalue weighted by Gasteiger charge is 2.22. The molecule has 0 bridgehead atoms. The van der Waals surface area contributed by atoms with Gasteiger partial charge in [0.25, 0.3) is 11.5 Å². The highest BCUT2D eigenvalue weighted by atomic mass is 16.2. The number of carbonyl (C=O) groups is 1. The van der Waals surface area contributed by atoms with Crippen LogP contribution in [0.4, 0.5) is 0 Å². The number of rotatable bonds is 6. The normalized spacial score (nSPS) is 10.8. The number of hydrogen-bond acceptors (Lipinski definition) is 3. The van der Waals surface area contributed by atoms with Crippen LogP contribution in [-0.2, 0) is 20.0 Å². The van der Waals surface area contributed by atoms with Crippen molar-refractivity contribution in [1.29, 1.82) is 0 Å². The van der Waals surface area contributed by atoms with Crippen molar-refractivity contribution < 1.29 is 4.79 Å². The summed E-state index contributed by atoms with van der Waals surface area (Å²) in [5.74, 6) is -0.179. The van der Waals surface area contributed by atoms with Gasteiger partial charge >= 0.3 is 0 Å². The number of hydrogen-bond donors (Lipinski definition) is 0. The molecule has 3 aromatic carbocycles. The molecule has 0 N–H and O–H groups in total. The quantitative estimate of drug-likeness (QED) is 0.497. The maximum atomic E-state index is 13.6. The van der Waals surface area contributed by atoms with E-state index in [0.29, 0.717) is 29.6 Å². The van der Waals surface area contributed by atoms with E-state index in [1.165, 1.54) is 10.2 Å². The van der Waals surface area contributed by atoms with Crippen molar-refractivity contribution in [3.8, 4) is 0 Å². The first-order valence-corrected chi connectivity index (χ1v) is 9.96. The molecule has 0 aliphatic carbocycles. The standard InChI is InChI=1S/C25H23N3O2/c1-27-24(29)22-15-9-8-14-21(22)23(26-27)25(30)28(18-20-12-6-3-7-13-20)17-16-19-10-4-2-5-11-19/h2-15H,16-18H2,1H3. The van der Waals surface area contributed by atoms with Crippen molar-refractivity contribution in [2.24, 2.45) is 7.05 Å². The molecule has 0 unspecified atom stereocenters. The third-order valence-corrected chi connectivity index (χ3v) is 5.18. The fourth-order valence-electron chi connectivity index (χ4n) is 3.57. The molecule has 150 valence electrons. The summed E-state index contributed by atoms with van der Waals surface area (Å²) in [6.07, 6.45) is 0.739. The Labute approximate surface area is 175 Å². The lowest BCUT2D eigenvalue weighted by Crippen LogP contribution is -2.35. The predicted octanol–water partition coefficient (Wildman–Crippen LogP) is 3.82. The first kappa shape index (κ1) is 19.6. The van der Waals surface area contributed by atoms with Crippen LogP contribution in [0.1, 0.15) is 21.6 Å². The fourth-order valence-corrected chi connectivity index (χ4v) is 3.57. The first-order valence-electron chi connectivity index (χ1n) is 9.96. The summed E-state index contributed by atoms with van der Waals surface area (Å²) in [7, 11) is 1.58. The molecule has 0 saturated carbocycles. The van der Waals surface area contributed by atoms with E-state index in [1.807, 2.05) is 59.5 Å². The van der Waals surface area contributed by atoms with Gasteiger partial charge in [0, 0.05) is 25.5 Å². The largest absolute Gasteiger partial charge is 0.333 e. The zero-order valence-corrected chi connectivity index (χ0v) is 16.9. The van der Waals surface area contributed by atoms with Gasteiger partial charge in [-0.1, -0.05) is 78.9 Å². The van der Waals surface area contributed by atoms with Crippen molar-refractivity contribution in [3.63, 3.8) is 0 Å². The summed E-state index contributed by atoms with van der Waals surface area (Å²) in [5.41, 5.74) is 2.31. The lowest BCUT2D eigenvalue weighted by Gasteiger charge is -2.23. The van der Waals surface area contributed by atoms with Crippen molar-refractivity contribution in [2.75, 3.05) is 6.54 Å². The molecule has 1 aromatic heterocycles. The average molecular weight is 397 g/mol. The van der Waals surface area contributed by atoms with Crippen LogP contribution in [0.25, 0.3) is 10.8 Å². The van der Waals surface area contributed by atoms with E-state index in [-0.39, 0.29) is 11.5 Å². The summed E-state index contributed by atoms with van der Waals surface area (Å²) >= 11 is 0. The zero-order valence-electron chi connectivity index (χ0n) is 16.9. The van der Waals surface area contributed by atoms with Gasteiger partial charge in [-0.25, -0.2) is 4.68 Å². The van der Waals surface area contributed by atoms with Gasteiger partial charge in [0.05, 0.1) is 5.39 Å². The summed E-state index contributed by atoms with van der Waals surface area (Å²) in [4.78, 5) is 27.9. The number of benzene rings is 3. The van der Waals surface area contributed by atoms with Crippen LogP contribution in [0.3, 0.4) is 0 Å². The van der Waals surface area contributed by atoms with E-state index < -0.39 is 0 Å². The molecule has 0 aliphatic heterocycles. The Kier molecular flexibility index (Phi) is 5.70. The van der Waals surface area contributed by atoms with E-state index in [2.05, 4.69) is 17.2 Å². The monoisotopic (exact) mass is 397 g/mol. The molecule has 4 aromatic rings. The van der Waals surface area contributed by atoms with Crippen LogP contribution < -0.4 is 5.56 Å². The second-order valence-electron chi connectivity index (χ2n) is 7.27. The van der Waals surface area contributed by atoms with Gasteiger partial charge in [-0.15, -0.1) is 0 Å². The number of nitrogens with zero attached hydrogens (tertiary/aromatic N) is 3. The van der Waals surface area contributed by atoms with E-state index in [1.54, 1.807) is 25.2 Å². The average Bonchev–Trinajstić information content (AvgIpc) is 2.80. The molecule has 0 saturated heterocycles. The molecular formula is C25H23N3O2. The Morgan fingerprint density at radius 1 is 0.833 bits per heavy atom. The summed E-state index contributed by atoms with van der Waals surface area (Å²) < 4.78 is 1.24. The SMILES string of the molecule is Cn1nc(C(=O)N(CCc2ccccc2)Cc2ccccc2)c2ccccc2c1=O. The van der Waals surface area contributed by atoms with E-state index in [9.17, 15) is 9.59 Å². The second kappa shape index (κ2) is 8.74. The van der Waals surface area contributed by atoms with Crippen LogP contribution in [0.2, 0.25) is 0 Å². The van der Waals surface area contributed by atoms with Crippen LogP contribution in [0.5, 0.6) is 0 Å². The van der Waals surface area contributed by atoms with E-state index in [0.717, 1.165) is 12.0 Å². The van der Waals surface area contributed by atoms with Gasteiger partial charge in [-0.05, 0) is 23.6 Å². The Morgan fingerprint density at radius 2 is 1.40 bits per heavy atom. The van der Waals surface area contributed by atoms with Gasteiger partial charge in [0.1, 0.15) is 0 Å². The molecule has 5 heteroatoms. The summed E-state index contributed by atoms with van der Waals surface area (Å²) in [6.45, 7) is 1.03. The lowest BCUT2D eigenvalue weighted by atomic mass is 10.1. The fraction of sp³-hybridized carbons (Fsp3) is 0.160. The number of amides is 1. The maximum Gasteiger partial charge on any atom is 0.275 e. The molecule has 0 spiro atoms. The van der Waals surface area contributed by atoms with Gasteiger partial charge < -0.3 is 4.90 Å². The summed E-state index contributed by atoms with van der Waals surface area (Å²) in [6, 6.07) is 27.2. The van der Waals surface area contributed by atoms with Crippen molar-refractivity contribution >= 4 is 16.7 Å². The molecule has 0 aliphatic rings. The van der Waals surface area contributed by atoms with E-state index >= 15 is 0 Å². The molecule has 0 radical (unpaired) electrons. The van der Waals surface area contributed by atoms with Gasteiger partial charge in [0.2, 0.25) is 0 Å². The molecule has 1 heterocycles. The summed E-state index contributed by atoms with van der Waals surface area (Å²) in [5, 5.41) is 5.42. The van der Waals surface area contributed by atoms with Crippen molar-refractivity contribution in [1.82, 2.24) is 14.7 Å².